The van der Waals surface area contributed by atoms with E-state index in [9.17, 15) is 13.6 Å². The molecule has 0 saturated heterocycles. The quantitative estimate of drug-likeness (QED) is 0.720. The highest BCUT2D eigenvalue weighted by molar-refractivity contribution is 5.91. The fourth-order valence-electron chi connectivity index (χ4n) is 1.04. The molecule has 1 aromatic carbocycles. The molecule has 0 spiro atoms. The second-order valence-corrected chi connectivity index (χ2v) is 2.95. The molecule has 80 valence electrons. The maximum absolute atomic E-state index is 13.3. The Morgan fingerprint density at radius 2 is 1.87 bits per heavy atom. The van der Waals surface area contributed by atoms with Crippen LogP contribution in [0, 0.1) is 11.6 Å². The summed E-state index contributed by atoms with van der Waals surface area (Å²) in [5, 5.41) is 0. The highest BCUT2D eigenvalue weighted by atomic mass is 19.1. The van der Waals surface area contributed by atoms with Crippen LogP contribution in [0.25, 0.3) is 6.08 Å². The lowest BCUT2D eigenvalue weighted by Gasteiger charge is -2.03. The van der Waals surface area contributed by atoms with Crippen molar-refractivity contribution in [3.8, 4) is 5.75 Å². The van der Waals surface area contributed by atoms with Crippen LogP contribution < -0.4 is 4.74 Å². The number of hydrogen-bond donors (Lipinski definition) is 0. The van der Waals surface area contributed by atoms with Crippen LogP contribution >= 0.6 is 0 Å². The first-order valence-electron chi connectivity index (χ1n) is 4.26. The minimum Gasteiger partial charge on any atom is -0.497 e. The van der Waals surface area contributed by atoms with Gasteiger partial charge in [0.1, 0.15) is 17.4 Å². The Labute approximate surface area is 86.2 Å². The second-order valence-electron chi connectivity index (χ2n) is 2.95. The zero-order valence-electron chi connectivity index (χ0n) is 8.38. The van der Waals surface area contributed by atoms with Crippen molar-refractivity contribution in [2.75, 3.05) is 7.11 Å². The van der Waals surface area contributed by atoms with E-state index in [4.69, 9.17) is 0 Å². The topological polar surface area (TPSA) is 26.3 Å². The molecule has 0 amide bonds. The molecule has 0 N–H and O–H groups in total. The SMILES string of the molecule is COc1cc(F)c(/C=C/C(C)=O)c(F)c1. The molecule has 4 heteroatoms. The molecule has 0 unspecified atom stereocenters. The van der Waals surface area contributed by atoms with E-state index >= 15 is 0 Å². The highest BCUT2D eigenvalue weighted by Crippen LogP contribution is 2.21. The van der Waals surface area contributed by atoms with Gasteiger partial charge in [-0.15, -0.1) is 0 Å². The molecule has 0 aliphatic rings. The van der Waals surface area contributed by atoms with E-state index in [1.54, 1.807) is 0 Å². The fourth-order valence-corrected chi connectivity index (χ4v) is 1.04. The summed E-state index contributed by atoms with van der Waals surface area (Å²) < 4.78 is 31.2. The van der Waals surface area contributed by atoms with Crippen molar-refractivity contribution in [1.29, 1.82) is 0 Å². The van der Waals surface area contributed by atoms with Gasteiger partial charge >= 0.3 is 0 Å². The average Bonchev–Trinajstić information content (AvgIpc) is 2.15. The van der Waals surface area contributed by atoms with Crippen molar-refractivity contribution in [3.05, 3.63) is 35.4 Å². The van der Waals surface area contributed by atoms with Crippen LogP contribution in [0.15, 0.2) is 18.2 Å². The molecular weight excluding hydrogens is 202 g/mol. The third kappa shape index (κ3) is 2.87. The number of carbonyl (C=O) groups excluding carboxylic acids is 1. The van der Waals surface area contributed by atoms with Gasteiger partial charge < -0.3 is 4.74 Å². The molecular formula is C11H10F2O2. The summed E-state index contributed by atoms with van der Waals surface area (Å²) >= 11 is 0. The van der Waals surface area contributed by atoms with Gasteiger partial charge in [-0.1, -0.05) is 0 Å². The van der Waals surface area contributed by atoms with Crippen LogP contribution in [0.4, 0.5) is 8.78 Å². The first kappa shape index (κ1) is 11.4. The zero-order chi connectivity index (χ0) is 11.4. The van der Waals surface area contributed by atoms with Gasteiger partial charge in [0.2, 0.25) is 0 Å². The number of halogens is 2. The summed E-state index contributed by atoms with van der Waals surface area (Å²) in [5.41, 5.74) is -0.244. The molecule has 0 fully saturated rings. The van der Waals surface area contributed by atoms with Gasteiger partial charge in [-0.25, -0.2) is 8.78 Å². The van der Waals surface area contributed by atoms with Crippen LogP contribution in [0.5, 0.6) is 5.75 Å². The zero-order valence-corrected chi connectivity index (χ0v) is 8.38. The molecule has 2 nitrogen and oxygen atoms in total. The van der Waals surface area contributed by atoms with Crippen LogP contribution in [0.2, 0.25) is 0 Å². The van der Waals surface area contributed by atoms with Gasteiger partial charge in [-0.2, -0.15) is 0 Å². The maximum atomic E-state index is 13.3. The van der Waals surface area contributed by atoms with Gasteiger partial charge in [0.25, 0.3) is 0 Å². The molecule has 0 saturated carbocycles. The Kier molecular flexibility index (Phi) is 3.55. The summed E-state index contributed by atoms with van der Waals surface area (Å²) in [6.07, 6.45) is 2.21. The summed E-state index contributed by atoms with van der Waals surface area (Å²) in [6.45, 7) is 1.30. The number of methoxy groups -OCH3 is 1. The lowest BCUT2D eigenvalue weighted by Crippen LogP contribution is -1.93. The van der Waals surface area contributed by atoms with Crippen LogP contribution in [0.1, 0.15) is 12.5 Å². The number of ketones is 1. The number of carbonyl (C=O) groups is 1. The second kappa shape index (κ2) is 4.68. The van der Waals surface area contributed by atoms with E-state index in [2.05, 4.69) is 4.74 Å². The highest BCUT2D eigenvalue weighted by Gasteiger charge is 2.08. The molecule has 0 bridgehead atoms. The lowest BCUT2D eigenvalue weighted by molar-refractivity contribution is -0.112. The molecule has 15 heavy (non-hydrogen) atoms. The smallest absolute Gasteiger partial charge is 0.152 e. The minimum absolute atomic E-state index is 0.102. The minimum atomic E-state index is -0.760. The van der Waals surface area contributed by atoms with Crippen molar-refractivity contribution in [1.82, 2.24) is 0 Å². The monoisotopic (exact) mass is 212 g/mol. The number of allylic oxidation sites excluding steroid dienone is 1. The Bertz CT molecular complexity index is 388. The molecule has 0 heterocycles. The molecule has 1 aromatic rings. The van der Waals surface area contributed by atoms with E-state index in [1.807, 2.05) is 0 Å². The van der Waals surface area contributed by atoms with Crippen LogP contribution in [-0.2, 0) is 4.79 Å². The van der Waals surface area contributed by atoms with Crippen molar-refractivity contribution < 1.29 is 18.3 Å². The normalized spacial score (nSPS) is 10.7. The summed E-state index contributed by atoms with van der Waals surface area (Å²) in [4.78, 5) is 10.6. The van der Waals surface area contributed by atoms with Crippen LogP contribution in [-0.4, -0.2) is 12.9 Å². The van der Waals surface area contributed by atoms with Gasteiger partial charge in [0, 0.05) is 17.7 Å². The fraction of sp³-hybridized carbons (Fsp3) is 0.182. The first-order chi connectivity index (χ1) is 7.04. The van der Waals surface area contributed by atoms with E-state index in [0.717, 1.165) is 24.3 Å². The third-order valence-electron chi connectivity index (χ3n) is 1.77. The number of hydrogen-bond acceptors (Lipinski definition) is 2. The number of ether oxygens (including phenoxy) is 1. The van der Waals surface area contributed by atoms with Crippen LogP contribution in [0.3, 0.4) is 0 Å². The average molecular weight is 212 g/mol. The summed E-state index contributed by atoms with van der Waals surface area (Å²) in [6, 6.07) is 2.12. The van der Waals surface area contributed by atoms with Crippen molar-refractivity contribution in [2.24, 2.45) is 0 Å². The molecule has 0 aliphatic carbocycles. The standard InChI is InChI=1S/C11H10F2O2/c1-7(14)3-4-9-10(12)5-8(15-2)6-11(9)13/h3-6H,1-2H3/b4-3+. The van der Waals surface area contributed by atoms with E-state index < -0.39 is 11.6 Å². The Morgan fingerprint density at radius 1 is 1.33 bits per heavy atom. The van der Waals surface area contributed by atoms with Crippen molar-refractivity contribution in [3.63, 3.8) is 0 Å². The Balaban J connectivity index is 3.14. The van der Waals surface area contributed by atoms with E-state index in [1.165, 1.54) is 14.0 Å². The van der Waals surface area contributed by atoms with E-state index in [-0.39, 0.29) is 17.1 Å². The van der Waals surface area contributed by atoms with Gasteiger partial charge in [0.15, 0.2) is 5.78 Å². The van der Waals surface area contributed by atoms with E-state index in [0.29, 0.717) is 0 Å². The Hall–Kier alpha value is -1.71. The molecule has 1 rings (SSSR count). The molecule has 0 aliphatic heterocycles. The van der Waals surface area contributed by atoms with Gasteiger partial charge in [-0.3, -0.25) is 4.79 Å². The molecule has 0 atom stereocenters. The van der Waals surface area contributed by atoms with Gasteiger partial charge in [-0.05, 0) is 19.1 Å². The largest absolute Gasteiger partial charge is 0.497 e. The number of rotatable bonds is 3. The summed E-state index contributed by atoms with van der Waals surface area (Å²) in [7, 11) is 1.32. The van der Waals surface area contributed by atoms with Gasteiger partial charge in [0.05, 0.1) is 7.11 Å². The number of benzene rings is 1. The van der Waals surface area contributed by atoms with Crippen molar-refractivity contribution in [2.45, 2.75) is 6.92 Å². The van der Waals surface area contributed by atoms with Crippen molar-refractivity contribution >= 4 is 11.9 Å². The summed E-state index contributed by atoms with van der Waals surface area (Å²) in [5.74, 6) is -1.69. The lowest BCUT2D eigenvalue weighted by atomic mass is 10.1. The third-order valence-corrected chi connectivity index (χ3v) is 1.77. The predicted octanol–water partition coefficient (Wildman–Crippen LogP) is 2.58. The molecule has 0 aromatic heterocycles. The first-order valence-corrected chi connectivity index (χ1v) is 4.26. The molecule has 0 radical (unpaired) electrons. The maximum Gasteiger partial charge on any atom is 0.152 e. The Morgan fingerprint density at radius 3 is 2.27 bits per heavy atom. The predicted molar refractivity (Wildman–Crippen MR) is 52.6 cm³/mol.